The molecule has 0 spiro atoms. The molecule has 42 heavy (non-hydrogen) atoms. The molecule has 1 aromatic heterocycles. The minimum absolute atomic E-state index is 0.0265. The summed E-state index contributed by atoms with van der Waals surface area (Å²) in [6.45, 7) is 18.7. The van der Waals surface area contributed by atoms with E-state index >= 15 is 4.79 Å². The molecule has 4 heteroatoms. The number of para-hydroxylation sites is 1. The van der Waals surface area contributed by atoms with E-state index in [2.05, 4.69) is 52.8 Å². The number of Topliss-reactive ketones (excluding diaryl/α,β-unsaturated/α-hetero) is 2. The molecule has 1 heterocycles. The van der Waals surface area contributed by atoms with Gasteiger partial charge in [-0.15, -0.1) is 0 Å². The van der Waals surface area contributed by atoms with Gasteiger partial charge in [0.05, 0.1) is 16.2 Å². The Balaban J connectivity index is 2.02. The molecule has 0 N–H and O–H groups in total. The van der Waals surface area contributed by atoms with Gasteiger partial charge in [0.25, 0.3) is 0 Å². The highest BCUT2D eigenvalue weighted by Crippen LogP contribution is 2.65. The lowest BCUT2D eigenvalue weighted by atomic mass is 9.40. The number of benzene rings is 1. The van der Waals surface area contributed by atoms with Gasteiger partial charge in [0, 0.05) is 0 Å². The molecular weight excluding hydrogens is 520 g/mol. The largest absolute Gasteiger partial charge is 0.459 e. The first-order valence-corrected chi connectivity index (χ1v) is 15.4. The Morgan fingerprint density at radius 2 is 1.48 bits per heavy atom. The maximum Gasteiger partial charge on any atom is 0.203 e. The highest BCUT2D eigenvalue weighted by molar-refractivity contribution is 6.23. The fourth-order valence-corrected chi connectivity index (χ4v) is 7.16. The summed E-state index contributed by atoms with van der Waals surface area (Å²) < 4.78 is 6.57. The second-order valence-electron chi connectivity index (χ2n) is 14.0. The van der Waals surface area contributed by atoms with Crippen LogP contribution in [0.1, 0.15) is 117 Å². The van der Waals surface area contributed by atoms with E-state index in [0.717, 1.165) is 30.4 Å². The van der Waals surface area contributed by atoms with Gasteiger partial charge in [0.1, 0.15) is 16.9 Å². The van der Waals surface area contributed by atoms with Crippen LogP contribution in [0, 0.1) is 16.7 Å². The topological polar surface area (TPSA) is 64.3 Å². The van der Waals surface area contributed by atoms with Gasteiger partial charge in [0.2, 0.25) is 5.43 Å². The van der Waals surface area contributed by atoms with Crippen LogP contribution in [-0.4, -0.2) is 11.6 Å². The predicted molar refractivity (Wildman–Crippen MR) is 173 cm³/mol. The van der Waals surface area contributed by atoms with Crippen molar-refractivity contribution < 1.29 is 14.0 Å². The van der Waals surface area contributed by atoms with Crippen molar-refractivity contribution in [2.24, 2.45) is 16.7 Å². The number of hydrogen-bond donors (Lipinski definition) is 0. The number of allylic oxidation sites excluding steroid dienone is 8. The molecule has 2 aliphatic carbocycles. The lowest BCUT2D eigenvalue weighted by Crippen LogP contribution is -2.68. The van der Waals surface area contributed by atoms with Crippen LogP contribution in [0.25, 0.3) is 11.0 Å². The fourth-order valence-electron chi connectivity index (χ4n) is 7.16. The van der Waals surface area contributed by atoms with Crippen molar-refractivity contribution >= 4 is 22.5 Å². The first-order valence-electron chi connectivity index (χ1n) is 15.4. The van der Waals surface area contributed by atoms with Gasteiger partial charge in [-0.05, 0) is 110 Å². The van der Waals surface area contributed by atoms with E-state index < -0.39 is 16.2 Å². The fraction of sp³-hybridized carbons (Fsp3) is 0.500. The van der Waals surface area contributed by atoms with Crippen molar-refractivity contribution in [1.29, 1.82) is 0 Å². The molecule has 0 unspecified atom stereocenters. The van der Waals surface area contributed by atoms with Crippen molar-refractivity contribution in [1.82, 2.24) is 0 Å². The summed E-state index contributed by atoms with van der Waals surface area (Å²) in [6, 6.07) is 7.08. The molecule has 3 atom stereocenters. The second-order valence-corrected chi connectivity index (χ2v) is 14.0. The highest BCUT2D eigenvalue weighted by atomic mass is 16.3. The Bertz CT molecular complexity index is 1580. The van der Waals surface area contributed by atoms with Gasteiger partial charge in [-0.3, -0.25) is 14.4 Å². The third-order valence-corrected chi connectivity index (χ3v) is 9.90. The lowest BCUT2D eigenvalue weighted by Gasteiger charge is -2.60. The monoisotopic (exact) mass is 568 g/mol. The summed E-state index contributed by atoms with van der Waals surface area (Å²) in [6.07, 6.45) is 12.5. The molecule has 1 fully saturated rings. The Morgan fingerprint density at radius 3 is 2.12 bits per heavy atom. The average molecular weight is 569 g/mol. The van der Waals surface area contributed by atoms with Crippen LogP contribution in [-0.2, 0) is 10.2 Å². The molecule has 0 aliphatic heterocycles. The zero-order valence-corrected chi connectivity index (χ0v) is 27.1. The lowest BCUT2D eigenvalue weighted by molar-refractivity contribution is -0.151. The van der Waals surface area contributed by atoms with Crippen LogP contribution < -0.4 is 5.43 Å². The molecule has 4 rings (SSSR count). The van der Waals surface area contributed by atoms with Gasteiger partial charge >= 0.3 is 0 Å². The number of fused-ring (bicyclic) bond motifs is 5. The Kier molecular flexibility index (Phi) is 8.88. The van der Waals surface area contributed by atoms with Gasteiger partial charge in [-0.25, -0.2) is 0 Å². The number of carbonyl (C=O) groups is 2. The zero-order valence-electron chi connectivity index (χ0n) is 27.1. The molecule has 2 aliphatic rings. The smallest absolute Gasteiger partial charge is 0.203 e. The molecule has 2 aromatic rings. The molecule has 224 valence electrons. The third kappa shape index (κ3) is 5.23. The van der Waals surface area contributed by atoms with Crippen LogP contribution in [0.4, 0.5) is 0 Å². The molecule has 1 aromatic carbocycles. The van der Waals surface area contributed by atoms with Crippen molar-refractivity contribution in [3.05, 3.63) is 92.4 Å². The van der Waals surface area contributed by atoms with Crippen molar-refractivity contribution in [3.8, 4) is 0 Å². The first-order chi connectivity index (χ1) is 19.7. The highest BCUT2D eigenvalue weighted by Gasteiger charge is 2.71. The van der Waals surface area contributed by atoms with Gasteiger partial charge in [-0.1, -0.05) is 72.6 Å². The quantitative estimate of drug-likeness (QED) is 0.223. The van der Waals surface area contributed by atoms with Crippen molar-refractivity contribution in [3.63, 3.8) is 0 Å². The maximum atomic E-state index is 15.1. The van der Waals surface area contributed by atoms with Crippen LogP contribution in [0.15, 0.2) is 80.1 Å². The van der Waals surface area contributed by atoms with Crippen LogP contribution in [0.2, 0.25) is 0 Å². The Morgan fingerprint density at radius 1 is 0.857 bits per heavy atom. The van der Waals surface area contributed by atoms with E-state index in [1.165, 1.54) is 11.1 Å². The third-order valence-electron chi connectivity index (χ3n) is 9.90. The van der Waals surface area contributed by atoms with Crippen LogP contribution in [0.5, 0.6) is 0 Å². The molecular formula is C38H48O4. The number of carbonyl (C=O) groups excluding carboxylic acids is 2. The van der Waals surface area contributed by atoms with E-state index in [4.69, 9.17) is 4.42 Å². The van der Waals surface area contributed by atoms with E-state index in [-0.39, 0.29) is 34.2 Å². The summed E-state index contributed by atoms with van der Waals surface area (Å²) in [7, 11) is 0. The molecule has 0 amide bonds. The number of hydrogen-bond acceptors (Lipinski definition) is 4. The maximum absolute atomic E-state index is 15.1. The van der Waals surface area contributed by atoms with Gasteiger partial charge in [0.15, 0.2) is 11.6 Å². The average Bonchev–Trinajstić information content (AvgIpc) is 2.91. The second kappa shape index (κ2) is 11.8. The van der Waals surface area contributed by atoms with Crippen LogP contribution >= 0.6 is 0 Å². The molecule has 2 bridgehead atoms. The standard InChI is InChI=1S/C38H48O4/c1-24(2)13-12-14-27(7)17-18-28-23-37(21-19-25(3)4)33(40)31-32(39)29-15-10-11-16-30(29)42-34(31)38(35(37)41,36(28,8)9)22-20-26(5)6/h10-11,13,15-17,19-20,28H,12,14,18,21-23H2,1-9H3/b27-17+/t28-,37-,38+/m0/s1. The summed E-state index contributed by atoms with van der Waals surface area (Å²) in [4.78, 5) is 43.9. The SMILES string of the molecule is CC(C)=CCC/C(C)=C/C[C@H]1C[C@@]2(CC=C(C)C)C(=O)c3c(oc4ccccc4c3=O)[C@](CC=C(C)C)(C2=O)C1(C)C. The molecule has 0 saturated heterocycles. The Hall–Kier alpha value is -3.27. The van der Waals surface area contributed by atoms with Crippen molar-refractivity contribution in [2.45, 2.75) is 106 Å². The van der Waals surface area contributed by atoms with Crippen molar-refractivity contribution in [2.75, 3.05) is 0 Å². The molecule has 4 nitrogen and oxygen atoms in total. The van der Waals surface area contributed by atoms with Gasteiger partial charge in [-0.2, -0.15) is 0 Å². The summed E-state index contributed by atoms with van der Waals surface area (Å²) in [5, 5.41) is 0.385. The predicted octanol–water partition coefficient (Wildman–Crippen LogP) is 9.62. The minimum atomic E-state index is -1.30. The number of ketones is 2. The molecule has 1 saturated carbocycles. The Labute approximate surface area is 251 Å². The zero-order chi connectivity index (χ0) is 31.0. The normalized spacial score (nSPS) is 24.7. The summed E-state index contributed by atoms with van der Waals surface area (Å²) in [5.74, 6) is -0.160. The summed E-state index contributed by atoms with van der Waals surface area (Å²) in [5.41, 5.74) is 1.89. The minimum Gasteiger partial charge on any atom is -0.459 e. The molecule has 0 radical (unpaired) electrons. The van der Waals surface area contributed by atoms with E-state index in [0.29, 0.717) is 30.2 Å². The van der Waals surface area contributed by atoms with Gasteiger partial charge < -0.3 is 4.42 Å². The van der Waals surface area contributed by atoms with E-state index in [9.17, 15) is 9.59 Å². The van der Waals surface area contributed by atoms with E-state index in [1.54, 1.807) is 18.2 Å². The summed E-state index contributed by atoms with van der Waals surface area (Å²) >= 11 is 0. The van der Waals surface area contributed by atoms with Crippen LogP contribution in [0.3, 0.4) is 0 Å². The number of rotatable bonds is 9. The van der Waals surface area contributed by atoms with E-state index in [1.807, 2.05) is 39.8 Å². The first kappa shape index (κ1) is 31.7.